The average Bonchev–Trinajstić information content (AvgIpc) is 2.58. The maximum atomic E-state index is 12.3. The summed E-state index contributed by atoms with van der Waals surface area (Å²) < 4.78 is 32.8. The van der Waals surface area contributed by atoms with Gasteiger partial charge in [-0.25, -0.2) is 13.1 Å². The zero-order valence-corrected chi connectivity index (χ0v) is 14.7. The quantitative estimate of drug-likeness (QED) is 0.538. The number of benzene rings is 2. The van der Waals surface area contributed by atoms with Crippen LogP contribution in [0.25, 0.3) is 0 Å². The second-order valence-corrected chi connectivity index (χ2v) is 7.36. The highest BCUT2D eigenvalue weighted by Crippen LogP contribution is 2.16. The van der Waals surface area contributed by atoms with Crippen LogP contribution in [-0.4, -0.2) is 15.0 Å². The molecule has 0 aliphatic heterocycles. The molecule has 5 nitrogen and oxygen atoms in total. The zero-order chi connectivity index (χ0) is 17.4. The smallest absolute Gasteiger partial charge is 0.240 e. The largest absolute Gasteiger partial charge is 0.494 e. The number of sulfonamides is 1. The summed E-state index contributed by atoms with van der Waals surface area (Å²) in [5.74, 6) is 0.760. The van der Waals surface area contributed by atoms with Crippen molar-refractivity contribution in [3.63, 3.8) is 0 Å². The predicted molar refractivity (Wildman–Crippen MR) is 96.3 cm³/mol. The Balaban J connectivity index is 1.94. The van der Waals surface area contributed by atoms with E-state index < -0.39 is 10.0 Å². The molecule has 0 saturated carbocycles. The zero-order valence-electron chi connectivity index (χ0n) is 13.9. The van der Waals surface area contributed by atoms with E-state index in [1.165, 1.54) is 12.1 Å². The van der Waals surface area contributed by atoms with E-state index in [1.807, 2.05) is 24.3 Å². The normalized spacial score (nSPS) is 11.4. The second kappa shape index (κ2) is 8.70. The van der Waals surface area contributed by atoms with Crippen molar-refractivity contribution in [1.29, 1.82) is 0 Å². The third kappa shape index (κ3) is 5.54. The third-order valence-electron chi connectivity index (χ3n) is 3.57. The summed E-state index contributed by atoms with van der Waals surface area (Å²) in [5.41, 5.74) is 6.96. The summed E-state index contributed by atoms with van der Waals surface area (Å²) in [6, 6.07) is 13.6. The van der Waals surface area contributed by atoms with Crippen molar-refractivity contribution >= 4 is 15.7 Å². The van der Waals surface area contributed by atoms with Crippen molar-refractivity contribution in [2.45, 2.75) is 37.6 Å². The standard InChI is InChI=1S/C18H24N2O3S/c1-2-3-4-12-23-17-7-5-6-15(13-17)14-20-24(21,22)18-10-8-16(19)9-11-18/h5-11,13,20H,2-4,12,14,19H2,1H3. The van der Waals surface area contributed by atoms with Crippen LogP contribution >= 0.6 is 0 Å². The van der Waals surface area contributed by atoms with Gasteiger partial charge < -0.3 is 10.5 Å². The maximum Gasteiger partial charge on any atom is 0.240 e. The van der Waals surface area contributed by atoms with Crippen LogP contribution in [0.3, 0.4) is 0 Å². The van der Waals surface area contributed by atoms with Gasteiger partial charge in [0.1, 0.15) is 5.75 Å². The van der Waals surface area contributed by atoms with Crippen LogP contribution in [0.5, 0.6) is 5.75 Å². The Morgan fingerprint density at radius 2 is 1.83 bits per heavy atom. The summed E-state index contributed by atoms with van der Waals surface area (Å²) in [6.07, 6.45) is 3.31. The van der Waals surface area contributed by atoms with Crippen LogP contribution in [0.15, 0.2) is 53.4 Å². The average molecular weight is 348 g/mol. The van der Waals surface area contributed by atoms with Gasteiger partial charge in [-0.1, -0.05) is 31.9 Å². The number of rotatable bonds is 9. The number of ether oxygens (including phenoxy) is 1. The topological polar surface area (TPSA) is 81.4 Å². The lowest BCUT2D eigenvalue weighted by atomic mass is 10.2. The molecule has 0 aliphatic rings. The van der Waals surface area contributed by atoms with Gasteiger partial charge in [0.05, 0.1) is 11.5 Å². The lowest BCUT2D eigenvalue weighted by Crippen LogP contribution is -2.23. The lowest BCUT2D eigenvalue weighted by molar-refractivity contribution is 0.306. The minimum Gasteiger partial charge on any atom is -0.494 e. The Labute approximate surface area is 143 Å². The van der Waals surface area contributed by atoms with Crippen LogP contribution in [0.1, 0.15) is 31.7 Å². The number of unbranched alkanes of at least 4 members (excludes halogenated alkanes) is 2. The molecule has 0 unspecified atom stereocenters. The van der Waals surface area contributed by atoms with Crippen LogP contribution < -0.4 is 15.2 Å². The van der Waals surface area contributed by atoms with E-state index in [1.54, 1.807) is 12.1 Å². The van der Waals surface area contributed by atoms with Crippen molar-refractivity contribution in [2.75, 3.05) is 12.3 Å². The van der Waals surface area contributed by atoms with E-state index in [-0.39, 0.29) is 11.4 Å². The SMILES string of the molecule is CCCCCOc1cccc(CNS(=O)(=O)c2ccc(N)cc2)c1. The molecule has 0 atom stereocenters. The minimum atomic E-state index is -3.56. The monoisotopic (exact) mass is 348 g/mol. The number of hydrogen-bond acceptors (Lipinski definition) is 4. The number of nitrogens with two attached hydrogens (primary N) is 1. The lowest BCUT2D eigenvalue weighted by Gasteiger charge is -2.10. The Kier molecular flexibility index (Phi) is 6.63. The Morgan fingerprint density at radius 1 is 1.08 bits per heavy atom. The first-order valence-electron chi connectivity index (χ1n) is 8.08. The van der Waals surface area contributed by atoms with E-state index in [9.17, 15) is 8.42 Å². The molecule has 2 rings (SSSR count). The van der Waals surface area contributed by atoms with Gasteiger partial charge in [-0.05, 0) is 48.4 Å². The van der Waals surface area contributed by atoms with Gasteiger partial charge in [0.15, 0.2) is 0 Å². The molecule has 130 valence electrons. The third-order valence-corrected chi connectivity index (χ3v) is 4.99. The molecule has 0 bridgehead atoms. The summed E-state index contributed by atoms with van der Waals surface area (Å²) >= 11 is 0. The molecule has 0 radical (unpaired) electrons. The van der Waals surface area contributed by atoms with Gasteiger partial charge in [-0.2, -0.15) is 0 Å². The van der Waals surface area contributed by atoms with Crippen molar-refractivity contribution in [2.24, 2.45) is 0 Å². The molecular formula is C18H24N2O3S. The number of anilines is 1. The summed E-state index contributed by atoms with van der Waals surface area (Å²) in [6.45, 7) is 3.03. The molecule has 3 N–H and O–H groups in total. The van der Waals surface area contributed by atoms with E-state index in [2.05, 4.69) is 11.6 Å². The highest BCUT2D eigenvalue weighted by atomic mass is 32.2. The molecule has 24 heavy (non-hydrogen) atoms. The second-order valence-electron chi connectivity index (χ2n) is 5.60. The van der Waals surface area contributed by atoms with Crippen molar-refractivity contribution in [3.05, 3.63) is 54.1 Å². The number of hydrogen-bond donors (Lipinski definition) is 2. The fraction of sp³-hybridized carbons (Fsp3) is 0.333. The van der Waals surface area contributed by atoms with Gasteiger partial charge in [0, 0.05) is 12.2 Å². The predicted octanol–water partition coefficient (Wildman–Crippen LogP) is 3.32. The fourth-order valence-corrected chi connectivity index (χ4v) is 3.21. The summed E-state index contributed by atoms with van der Waals surface area (Å²) in [7, 11) is -3.56. The molecule has 2 aromatic carbocycles. The van der Waals surface area contributed by atoms with E-state index in [4.69, 9.17) is 10.5 Å². The first-order valence-corrected chi connectivity index (χ1v) is 9.56. The molecule has 0 heterocycles. The molecule has 0 fully saturated rings. The number of nitrogens with one attached hydrogen (secondary N) is 1. The highest BCUT2D eigenvalue weighted by Gasteiger charge is 2.13. The fourth-order valence-electron chi connectivity index (χ4n) is 2.20. The van der Waals surface area contributed by atoms with Crippen LogP contribution in [-0.2, 0) is 16.6 Å². The number of nitrogen functional groups attached to an aromatic ring is 1. The van der Waals surface area contributed by atoms with Gasteiger partial charge in [-0.15, -0.1) is 0 Å². The summed E-state index contributed by atoms with van der Waals surface area (Å²) in [5, 5.41) is 0. The van der Waals surface area contributed by atoms with Crippen LogP contribution in [0, 0.1) is 0 Å². The van der Waals surface area contributed by atoms with E-state index >= 15 is 0 Å². The van der Waals surface area contributed by atoms with Crippen molar-refractivity contribution < 1.29 is 13.2 Å². The maximum absolute atomic E-state index is 12.3. The Hall–Kier alpha value is -2.05. The summed E-state index contributed by atoms with van der Waals surface area (Å²) in [4.78, 5) is 0.198. The van der Waals surface area contributed by atoms with E-state index in [0.717, 1.165) is 30.6 Å². The first kappa shape index (κ1) is 18.3. The molecule has 2 aromatic rings. The van der Waals surface area contributed by atoms with Gasteiger partial charge in [-0.3, -0.25) is 0 Å². The van der Waals surface area contributed by atoms with Crippen molar-refractivity contribution in [3.8, 4) is 5.75 Å². The van der Waals surface area contributed by atoms with Crippen LogP contribution in [0.2, 0.25) is 0 Å². The minimum absolute atomic E-state index is 0.198. The highest BCUT2D eigenvalue weighted by molar-refractivity contribution is 7.89. The van der Waals surface area contributed by atoms with E-state index in [0.29, 0.717) is 12.3 Å². The molecule has 0 spiro atoms. The molecular weight excluding hydrogens is 324 g/mol. The van der Waals surface area contributed by atoms with Gasteiger partial charge >= 0.3 is 0 Å². The molecule has 0 saturated heterocycles. The molecule has 0 aromatic heterocycles. The molecule has 0 aliphatic carbocycles. The van der Waals surface area contributed by atoms with Crippen molar-refractivity contribution in [1.82, 2.24) is 4.72 Å². The Morgan fingerprint density at radius 3 is 2.54 bits per heavy atom. The molecule has 6 heteroatoms. The first-order chi connectivity index (χ1) is 11.5. The van der Waals surface area contributed by atoms with Crippen LogP contribution in [0.4, 0.5) is 5.69 Å². The van der Waals surface area contributed by atoms with Gasteiger partial charge in [0.25, 0.3) is 0 Å². The van der Waals surface area contributed by atoms with Gasteiger partial charge in [0.2, 0.25) is 10.0 Å². The Bertz CT molecular complexity index is 743. The molecule has 0 amide bonds.